The number of hydrogen-bond donors (Lipinski definition) is 1. The molecule has 1 aliphatic rings. The van der Waals surface area contributed by atoms with Crippen LogP contribution >= 0.6 is 0 Å². The van der Waals surface area contributed by atoms with Crippen LogP contribution < -0.4 is 4.72 Å². The molecule has 0 aliphatic carbocycles. The molecule has 1 heterocycles. The maximum atomic E-state index is 11.4. The molecule has 7 heteroatoms. The Balaban J connectivity index is 2.51. The van der Waals surface area contributed by atoms with Gasteiger partial charge in [0.15, 0.2) is 0 Å². The van der Waals surface area contributed by atoms with E-state index < -0.39 is 16.4 Å². The molecule has 17 heavy (non-hydrogen) atoms. The molecule has 0 aromatic carbocycles. The van der Waals surface area contributed by atoms with E-state index in [1.807, 2.05) is 6.92 Å². The van der Waals surface area contributed by atoms with Gasteiger partial charge in [-0.1, -0.05) is 12.2 Å². The van der Waals surface area contributed by atoms with Crippen molar-refractivity contribution in [2.45, 2.75) is 38.8 Å². The molecule has 98 valence electrons. The predicted octanol–water partition coefficient (Wildman–Crippen LogP) is 0.508. The van der Waals surface area contributed by atoms with Crippen LogP contribution in [-0.4, -0.2) is 33.1 Å². The van der Waals surface area contributed by atoms with Crippen LogP contribution in [0.1, 0.15) is 26.7 Å². The number of allylic oxidation sites excluding steroid dienone is 1. The smallest absolute Gasteiger partial charge is 0.336 e. The second-order valence-corrected chi connectivity index (χ2v) is 5.12. The summed E-state index contributed by atoms with van der Waals surface area (Å²) in [5.74, 6) is -0.383. The van der Waals surface area contributed by atoms with Crippen molar-refractivity contribution in [2.24, 2.45) is 0 Å². The average Bonchev–Trinajstić information content (AvgIpc) is 2.14. The third kappa shape index (κ3) is 5.29. The zero-order valence-electron chi connectivity index (χ0n) is 9.88. The molecular formula is C10H17NO5S. The molecule has 1 fully saturated rings. The van der Waals surface area contributed by atoms with E-state index in [-0.39, 0.29) is 18.6 Å². The molecule has 0 radical (unpaired) electrons. The molecule has 6 nitrogen and oxygen atoms in total. The number of rotatable bonds is 4. The van der Waals surface area contributed by atoms with Crippen molar-refractivity contribution >= 4 is 16.3 Å². The summed E-state index contributed by atoms with van der Waals surface area (Å²) in [5, 5.41) is 0. The summed E-state index contributed by atoms with van der Waals surface area (Å²) in [5.41, 5.74) is 0. The van der Waals surface area contributed by atoms with Crippen LogP contribution in [0.2, 0.25) is 0 Å². The van der Waals surface area contributed by atoms with Crippen LogP contribution in [0.4, 0.5) is 0 Å². The third-order valence-electron chi connectivity index (χ3n) is 2.25. The molecule has 1 N–H and O–H groups in total. The van der Waals surface area contributed by atoms with Gasteiger partial charge in [0.05, 0.1) is 12.7 Å². The molecule has 0 bridgehead atoms. The standard InChI is InChI=1S/C10H17NO5S/c1-3-4-9-7-10(5-6-15-8(2)12)16-17(13,14)11-9/h3-4,9-11H,5-7H2,1-2H3/b4-3+/t9-,10+/m1/s1. The Morgan fingerprint density at radius 1 is 1.59 bits per heavy atom. The van der Waals surface area contributed by atoms with Gasteiger partial charge in [-0.3, -0.25) is 8.98 Å². The van der Waals surface area contributed by atoms with Crippen LogP contribution in [0, 0.1) is 0 Å². The lowest BCUT2D eigenvalue weighted by Crippen LogP contribution is -2.45. The molecule has 0 spiro atoms. The molecule has 0 saturated carbocycles. The minimum absolute atomic E-state index is 0.165. The van der Waals surface area contributed by atoms with Crippen molar-refractivity contribution in [3.8, 4) is 0 Å². The van der Waals surface area contributed by atoms with Gasteiger partial charge in [-0.2, -0.15) is 13.1 Å². The molecule has 1 aliphatic heterocycles. The van der Waals surface area contributed by atoms with Crippen LogP contribution in [0.3, 0.4) is 0 Å². The number of nitrogens with one attached hydrogen (secondary N) is 1. The number of esters is 1. The Bertz CT molecular complexity index is 390. The fourth-order valence-corrected chi connectivity index (χ4v) is 2.75. The minimum atomic E-state index is -3.70. The summed E-state index contributed by atoms with van der Waals surface area (Å²) < 4.78 is 34.7. The van der Waals surface area contributed by atoms with Crippen LogP contribution in [0.15, 0.2) is 12.2 Å². The van der Waals surface area contributed by atoms with Crippen molar-refractivity contribution in [3.05, 3.63) is 12.2 Å². The third-order valence-corrected chi connectivity index (χ3v) is 3.36. The van der Waals surface area contributed by atoms with Crippen molar-refractivity contribution in [1.82, 2.24) is 4.72 Å². The second-order valence-electron chi connectivity index (χ2n) is 3.79. The summed E-state index contributed by atoms with van der Waals surface area (Å²) in [6, 6.07) is -0.263. The van der Waals surface area contributed by atoms with Gasteiger partial charge in [0.1, 0.15) is 0 Å². The summed E-state index contributed by atoms with van der Waals surface area (Å²) >= 11 is 0. The van der Waals surface area contributed by atoms with Gasteiger partial charge in [0.25, 0.3) is 0 Å². The summed E-state index contributed by atoms with van der Waals surface area (Å²) in [6.45, 7) is 3.29. The maximum Gasteiger partial charge on any atom is 0.336 e. The van der Waals surface area contributed by atoms with E-state index in [2.05, 4.69) is 4.72 Å². The molecule has 1 rings (SSSR count). The predicted molar refractivity (Wildman–Crippen MR) is 61.4 cm³/mol. The van der Waals surface area contributed by atoms with Crippen LogP contribution in [0.5, 0.6) is 0 Å². The molecule has 0 unspecified atom stereocenters. The van der Waals surface area contributed by atoms with E-state index in [4.69, 9.17) is 8.92 Å². The number of carbonyl (C=O) groups excluding carboxylic acids is 1. The van der Waals surface area contributed by atoms with Crippen LogP contribution in [0.25, 0.3) is 0 Å². The van der Waals surface area contributed by atoms with Gasteiger partial charge >= 0.3 is 16.3 Å². The van der Waals surface area contributed by atoms with E-state index in [1.54, 1.807) is 12.2 Å². The SMILES string of the molecule is C/C=C/[C@@H]1C[C@H](CCOC(C)=O)OS(=O)(=O)N1. The van der Waals surface area contributed by atoms with Crippen molar-refractivity contribution < 1.29 is 22.1 Å². The number of carbonyl (C=O) groups is 1. The van der Waals surface area contributed by atoms with E-state index in [0.717, 1.165) is 0 Å². The fraction of sp³-hybridized carbons (Fsp3) is 0.700. The van der Waals surface area contributed by atoms with Gasteiger partial charge in [0, 0.05) is 19.4 Å². The zero-order chi connectivity index (χ0) is 12.9. The average molecular weight is 263 g/mol. The van der Waals surface area contributed by atoms with Gasteiger partial charge in [-0.15, -0.1) is 0 Å². The largest absolute Gasteiger partial charge is 0.466 e. The summed E-state index contributed by atoms with van der Waals surface area (Å²) in [7, 11) is -3.70. The van der Waals surface area contributed by atoms with Crippen molar-refractivity contribution in [2.75, 3.05) is 6.61 Å². The highest BCUT2D eigenvalue weighted by molar-refractivity contribution is 7.84. The lowest BCUT2D eigenvalue weighted by atomic mass is 10.1. The first-order valence-corrected chi connectivity index (χ1v) is 6.80. The lowest BCUT2D eigenvalue weighted by molar-refractivity contribution is -0.141. The highest BCUT2D eigenvalue weighted by Gasteiger charge is 2.30. The molecule has 2 atom stereocenters. The second kappa shape index (κ2) is 6.13. The Morgan fingerprint density at radius 2 is 2.29 bits per heavy atom. The quantitative estimate of drug-likeness (QED) is 0.590. The maximum absolute atomic E-state index is 11.4. The highest BCUT2D eigenvalue weighted by atomic mass is 32.2. The summed E-state index contributed by atoms with van der Waals surface area (Å²) in [4.78, 5) is 10.6. The number of hydrogen-bond acceptors (Lipinski definition) is 5. The highest BCUT2D eigenvalue weighted by Crippen LogP contribution is 2.17. The first-order valence-electron chi connectivity index (χ1n) is 5.39. The van der Waals surface area contributed by atoms with Gasteiger partial charge < -0.3 is 4.74 Å². The summed E-state index contributed by atoms with van der Waals surface area (Å²) in [6.07, 6.45) is 3.99. The van der Waals surface area contributed by atoms with Gasteiger partial charge in [0.2, 0.25) is 0 Å². The van der Waals surface area contributed by atoms with Crippen molar-refractivity contribution in [3.63, 3.8) is 0 Å². The van der Waals surface area contributed by atoms with Crippen LogP contribution in [-0.2, 0) is 24.0 Å². The first-order chi connectivity index (χ1) is 7.93. The Morgan fingerprint density at radius 3 is 2.88 bits per heavy atom. The number of ether oxygens (including phenoxy) is 1. The molecule has 0 aromatic heterocycles. The van der Waals surface area contributed by atoms with Crippen molar-refractivity contribution in [1.29, 1.82) is 0 Å². The molecule has 1 saturated heterocycles. The van der Waals surface area contributed by atoms with E-state index >= 15 is 0 Å². The Labute approximate surface area is 101 Å². The van der Waals surface area contributed by atoms with E-state index in [0.29, 0.717) is 12.8 Å². The fourth-order valence-electron chi connectivity index (χ4n) is 1.61. The molecule has 0 aromatic rings. The van der Waals surface area contributed by atoms with E-state index in [1.165, 1.54) is 6.92 Å². The van der Waals surface area contributed by atoms with Gasteiger partial charge in [-0.25, -0.2) is 0 Å². The van der Waals surface area contributed by atoms with Gasteiger partial charge in [-0.05, 0) is 13.3 Å². The first kappa shape index (κ1) is 14.1. The minimum Gasteiger partial charge on any atom is -0.466 e. The molecule has 0 amide bonds. The Hall–Kier alpha value is -0.920. The zero-order valence-corrected chi connectivity index (χ0v) is 10.7. The lowest BCUT2D eigenvalue weighted by Gasteiger charge is -2.27. The normalized spacial score (nSPS) is 28.1. The Kier molecular flexibility index (Phi) is 5.10. The topological polar surface area (TPSA) is 81.7 Å². The monoisotopic (exact) mass is 263 g/mol. The van der Waals surface area contributed by atoms with E-state index in [9.17, 15) is 13.2 Å². The molecular weight excluding hydrogens is 246 g/mol.